The highest BCUT2D eigenvalue weighted by Crippen LogP contribution is 2.18. The first-order valence-corrected chi connectivity index (χ1v) is 8.46. The minimum Gasteiger partial charge on any atom is -0.395 e. The Morgan fingerprint density at radius 2 is 2.29 bits per heavy atom. The van der Waals surface area contributed by atoms with Gasteiger partial charge < -0.3 is 10.4 Å². The molecule has 0 saturated carbocycles. The summed E-state index contributed by atoms with van der Waals surface area (Å²) in [7, 11) is 0. The van der Waals surface area contributed by atoms with Crippen molar-refractivity contribution in [2.45, 2.75) is 45.6 Å². The van der Waals surface area contributed by atoms with E-state index in [-0.39, 0.29) is 18.6 Å². The quantitative estimate of drug-likeness (QED) is 0.830. The Bertz CT molecular complexity index is 475. The zero-order valence-electron chi connectivity index (χ0n) is 12.9. The van der Waals surface area contributed by atoms with Crippen LogP contribution in [0.25, 0.3) is 0 Å². The highest BCUT2D eigenvalue weighted by Gasteiger charge is 2.21. The monoisotopic (exact) mass is 311 g/mol. The Balaban J connectivity index is 1.72. The molecule has 0 bridgehead atoms. The molecule has 118 valence electrons. The minimum atomic E-state index is 0.0549. The second-order valence-electron chi connectivity index (χ2n) is 5.64. The van der Waals surface area contributed by atoms with E-state index in [4.69, 9.17) is 0 Å². The van der Waals surface area contributed by atoms with Gasteiger partial charge in [-0.1, -0.05) is 6.42 Å². The standard InChI is InChI=1S/C15H25N3O2S/c1-11-14(21-12(2)17-11)9-15(20)16-6-8-18-7-4-3-5-13(18)10-19/h13,19H,3-10H2,1-2H3,(H,16,20). The number of carbonyl (C=O) groups is 1. The lowest BCUT2D eigenvalue weighted by Gasteiger charge is -2.34. The average Bonchev–Trinajstić information content (AvgIpc) is 2.77. The molecule has 1 aliphatic rings. The fourth-order valence-corrected chi connectivity index (χ4v) is 3.78. The molecular formula is C15H25N3O2S. The Hall–Kier alpha value is -0.980. The number of hydrogen-bond acceptors (Lipinski definition) is 5. The third-order valence-corrected chi connectivity index (χ3v) is 5.07. The van der Waals surface area contributed by atoms with Gasteiger partial charge in [-0.3, -0.25) is 9.69 Å². The van der Waals surface area contributed by atoms with Crippen molar-refractivity contribution in [1.29, 1.82) is 0 Å². The van der Waals surface area contributed by atoms with Crippen LogP contribution in [0.5, 0.6) is 0 Å². The maximum absolute atomic E-state index is 12.0. The van der Waals surface area contributed by atoms with Crippen LogP contribution in [0.15, 0.2) is 0 Å². The molecule has 1 unspecified atom stereocenters. The van der Waals surface area contributed by atoms with Crippen LogP contribution in [-0.4, -0.2) is 53.2 Å². The van der Waals surface area contributed by atoms with Crippen LogP contribution in [0.4, 0.5) is 0 Å². The number of rotatable bonds is 6. The number of aliphatic hydroxyl groups is 1. The summed E-state index contributed by atoms with van der Waals surface area (Å²) in [4.78, 5) is 19.6. The van der Waals surface area contributed by atoms with Crippen molar-refractivity contribution < 1.29 is 9.90 Å². The SMILES string of the molecule is Cc1nc(C)c(CC(=O)NCCN2CCCCC2CO)s1. The van der Waals surface area contributed by atoms with E-state index in [9.17, 15) is 9.90 Å². The highest BCUT2D eigenvalue weighted by molar-refractivity contribution is 7.11. The Morgan fingerprint density at radius 3 is 2.95 bits per heavy atom. The molecule has 1 aromatic heterocycles. The molecular weight excluding hydrogens is 286 g/mol. The molecule has 5 nitrogen and oxygen atoms in total. The van der Waals surface area contributed by atoms with Gasteiger partial charge in [-0.15, -0.1) is 11.3 Å². The highest BCUT2D eigenvalue weighted by atomic mass is 32.1. The number of thiazole rings is 1. The number of aryl methyl sites for hydroxylation is 2. The summed E-state index contributed by atoms with van der Waals surface area (Å²) >= 11 is 1.59. The van der Waals surface area contributed by atoms with Crippen LogP contribution >= 0.6 is 11.3 Å². The molecule has 2 rings (SSSR count). The van der Waals surface area contributed by atoms with Crippen LogP contribution in [0, 0.1) is 13.8 Å². The van der Waals surface area contributed by atoms with Crippen LogP contribution in [0.2, 0.25) is 0 Å². The van der Waals surface area contributed by atoms with E-state index in [1.165, 1.54) is 12.8 Å². The van der Waals surface area contributed by atoms with Gasteiger partial charge >= 0.3 is 0 Å². The molecule has 0 aromatic carbocycles. The van der Waals surface area contributed by atoms with E-state index in [0.29, 0.717) is 13.0 Å². The van der Waals surface area contributed by atoms with Gasteiger partial charge in [-0.05, 0) is 33.2 Å². The molecule has 2 N–H and O–H groups in total. The lowest BCUT2D eigenvalue weighted by Crippen LogP contribution is -2.45. The number of nitrogens with one attached hydrogen (secondary N) is 1. The normalized spacial score (nSPS) is 19.7. The first-order valence-electron chi connectivity index (χ1n) is 7.64. The minimum absolute atomic E-state index is 0.0549. The van der Waals surface area contributed by atoms with E-state index in [0.717, 1.165) is 35.1 Å². The van der Waals surface area contributed by atoms with Crippen molar-refractivity contribution in [3.8, 4) is 0 Å². The number of hydrogen-bond donors (Lipinski definition) is 2. The lowest BCUT2D eigenvalue weighted by molar-refractivity contribution is -0.120. The molecule has 1 amide bonds. The predicted octanol–water partition coefficient (Wildman–Crippen LogP) is 1.27. The van der Waals surface area contributed by atoms with Crippen molar-refractivity contribution in [2.24, 2.45) is 0 Å². The van der Waals surface area contributed by atoms with Gasteiger partial charge in [-0.25, -0.2) is 4.98 Å². The maximum atomic E-state index is 12.0. The zero-order valence-corrected chi connectivity index (χ0v) is 13.7. The van der Waals surface area contributed by atoms with Crippen LogP contribution < -0.4 is 5.32 Å². The van der Waals surface area contributed by atoms with Crippen LogP contribution in [0.3, 0.4) is 0 Å². The molecule has 1 fully saturated rings. The average molecular weight is 311 g/mol. The van der Waals surface area contributed by atoms with Gasteiger partial charge in [0.1, 0.15) is 0 Å². The van der Waals surface area contributed by atoms with Gasteiger partial charge in [0.2, 0.25) is 5.91 Å². The molecule has 0 spiro atoms. The molecule has 2 heterocycles. The van der Waals surface area contributed by atoms with Crippen molar-refractivity contribution >= 4 is 17.2 Å². The van der Waals surface area contributed by atoms with E-state index in [1.807, 2.05) is 13.8 Å². The smallest absolute Gasteiger partial charge is 0.225 e. The molecule has 1 aliphatic heterocycles. The first kappa shape index (κ1) is 16.4. The summed E-state index contributed by atoms with van der Waals surface area (Å²) in [5, 5.41) is 13.3. The van der Waals surface area contributed by atoms with Gasteiger partial charge in [-0.2, -0.15) is 0 Å². The van der Waals surface area contributed by atoms with E-state index in [1.54, 1.807) is 11.3 Å². The molecule has 21 heavy (non-hydrogen) atoms. The Morgan fingerprint density at radius 1 is 1.48 bits per heavy atom. The molecule has 1 saturated heterocycles. The predicted molar refractivity (Wildman–Crippen MR) is 84.6 cm³/mol. The van der Waals surface area contributed by atoms with Crippen molar-refractivity contribution in [3.63, 3.8) is 0 Å². The number of nitrogens with zero attached hydrogens (tertiary/aromatic N) is 2. The third kappa shape index (κ3) is 4.76. The lowest BCUT2D eigenvalue weighted by atomic mass is 10.0. The fourth-order valence-electron chi connectivity index (χ4n) is 2.85. The van der Waals surface area contributed by atoms with E-state index in [2.05, 4.69) is 15.2 Å². The summed E-state index contributed by atoms with van der Waals surface area (Å²) in [6.07, 6.45) is 3.85. The van der Waals surface area contributed by atoms with Crippen LogP contribution in [-0.2, 0) is 11.2 Å². The molecule has 0 aliphatic carbocycles. The number of aromatic nitrogens is 1. The summed E-state index contributed by atoms with van der Waals surface area (Å²) in [5.74, 6) is 0.0549. The summed E-state index contributed by atoms with van der Waals surface area (Å²) in [6.45, 7) is 6.61. The number of piperidine rings is 1. The number of carbonyl (C=O) groups excluding carboxylic acids is 1. The van der Waals surface area contributed by atoms with Crippen molar-refractivity contribution in [2.75, 3.05) is 26.2 Å². The molecule has 0 radical (unpaired) electrons. The zero-order chi connectivity index (χ0) is 15.2. The second kappa shape index (κ2) is 7.87. The molecule has 6 heteroatoms. The van der Waals surface area contributed by atoms with Gasteiger partial charge in [0.15, 0.2) is 0 Å². The number of aliphatic hydroxyl groups excluding tert-OH is 1. The summed E-state index contributed by atoms with van der Waals surface area (Å²) in [5.41, 5.74) is 0.962. The third-order valence-electron chi connectivity index (χ3n) is 4.00. The molecule has 1 atom stereocenters. The maximum Gasteiger partial charge on any atom is 0.225 e. The largest absolute Gasteiger partial charge is 0.395 e. The second-order valence-corrected chi connectivity index (χ2v) is 6.92. The number of amides is 1. The Kier molecular flexibility index (Phi) is 6.14. The van der Waals surface area contributed by atoms with Crippen molar-refractivity contribution in [1.82, 2.24) is 15.2 Å². The topological polar surface area (TPSA) is 65.5 Å². The fraction of sp³-hybridized carbons (Fsp3) is 0.733. The van der Waals surface area contributed by atoms with Gasteiger partial charge in [0.05, 0.1) is 23.7 Å². The molecule has 1 aromatic rings. The van der Waals surface area contributed by atoms with E-state index < -0.39 is 0 Å². The van der Waals surface area contributed by atoms with Crippen LogP contribution in [0.1, 0.15) is 34.8 Å². The summed E-state index contributed by atoms with van der Waals surface area (Å²) < 4.78 is 0. The van der Waals surface area contributed by atoms with Crippen molar-refractivity contribution in [3.05, 3.63) is 15.6 Å². The van der Waals surface area contributed by atoms with Gasteiger partial charge in [0.25, 0.3) is 0 Å². The van der Waals surface area contributed by atoms with Gasteiger partial charge in [0, 0.05) is 24.0 Å². The number of likely N-dealkylation sites (tertiary alicyclic amines) is 1. The first-order chi connectivity index (χ1) is 10.1. The Labute approximate surface area is 130 Å². The van der Waals surface area contributed by atoms with E-state index >= 15 is 0 Å². The summed E-state index contributed by atoms with van der Waals surface area (Å²) in [6, 6.07) is 0.266.